The summed E-state index contributed by atoms with van der Waals surface area (Å²) in [7, 11) is 0. The van der Waals surface area contributed by atoms with Crippen molar-refractivity contribution in [3.05, 3.63) is 57.2 Å². The van der Waals surface area contributed by atoms with Crippen LogP contribution in [0.15, 0.2) is 41.8 Å². The lowest BCUT2D eigenvalue weighted by Gasteiger charge is -2.15. The monoisotopic (exact) mass is 279 g/mol. The molecule has 0 saturated carbocycles. The van der Waals surface area contributed by atoms with Crippen LogP contribution in [0.4, 0.5) is 0 Å². The smallest absolute Gasteiger partial charge is 0.0438 e. The number of rotatable bonds is 6. The van der Waals surface area contributed by atoms with E-state index in [1.165, 1.54) is 10.4 Å². The van der Waals surface area contributed by atoms with Crippen LogP contribution < -0.4 is 5.73 Å². The predicted molar refractivity (Wildman–Crippen MR) is 80.3 cm³/mol. The first-order valence-electron chi connectivity index (χ1n) is 6.25. The van der Waals surface area contributed by atoms with Gasteiger partial charge < -0.3 is 5.73 Å². The average molecular weight is 280 g/mol. The lowest BCUT2D eigenvalue weighted by molar-refractivity contribution is 0.496. The van der Waals surface area contributed by atoms with Crippen molar-refractivity contribution in [2.45, 2.75) is 19.3 Å². The summed E-state index contributed by atoms with van der Waals surface area (Å²) in [5, 5.41) is 2.98. The van der Waals surface area contributed by atoms with E-state index in [1.807, 2.05) is 29.5 Å². The van der Waals surface area contributed by atoms with E-state index >= 15 is 0 Å². The first-order valence-corrected chi connectivity index (χ1v) is 7.51. The van der Waals surface area contributed by atoms with E-state index in [0.717, 1.165) is 30.8 Å². The quantitative estimate of drug-likeness (QED) is 0.844. The molecule has 0 spiro atoms. The zero-order valence-electron chi connectivity index (χ0n) is 10.3. The standard InChI is InChI=1S/C15H18ClNS/c16-15-6-2-1-4-13(15)10-12(11-17)7-8-14-5-3-9-18-14/h1-6,9,12H,7-8,10-11,17H2. The summed E-state index contributed by atoms with van der Waals surface area (Å²) in [5.41, 5.74) is 7.08. The number of nitrogens with two attached hydrogens (primary N) is 1. The predicted octanol–water partition coefficient (Wildman–Crippen LogP) is 4.15. The third-order valence-electron chi connectivity index (χ3n) is 3.18. The molecule has 1 nitrogen and oxygen atoms in total. The van der Waals surface area contributed by atoms with Gasteiger partial charge in [0.2, 0.25) is 0 Å². The number of thiophene rings is 1. The van der Waals surface area contributed by atoms with Gasteiger partial charge in [0.1, 0.15) is 0 Å². The molecular formula is C15H18ClNS. The minimum Gasteiger partial charge on any atom is -0.330 e. The highest BCUT2D eigenvalue weighted by molar-refractivity contribution is 7.09. The SMILES string of the molecule is NCC(CCc1cccs1)Cc1ccccc1Cl. The maximum atomic E-state index is 6.19. The van der Waals surface area contributed by atoms with Gasteiger partial charge in [-0.15, -0.1) is 11.3 Å². The van der Waals surface area contributed by atoms with Crippen LogP contribution >= 0.6 is 22.9 Å². The summed E-state index contributed by atoms with van der Waals surface area (Å²) in [5.74, 6) is 0.506. The molecule has 0 bridgehead atoms. The highest BCUT2D eigenvalue weighted by Gasteiger charge is 2.10. The maximum absolute atomic E-state index is 6.19. The van der Waals surface area contributed by atoms with Crippen LogP contribution in [0.25, 0.3) is 0 Å². The van der Waals surface area contributed by atoms with Crippen molar-refractivity contribution in [1.82, 2.24) is 0 Å². The summed E-state index contributed by atoms with van der Waals surface area (Å²) >= 11 is 8.00. The Morgan fingerprint density at radius 1 is 1.17 bits per heavy atom. The van der Waals surface area contributed by atoms with Crippen molar-refractivity contribution in [2.75, 3.05) is 6.54 Å². The number of aryl methyl sites for hydroxylation is 1. The zero-order chi connectivity index (χ0) is 12.8. The maximum Gasteiger partial charge on any atom is 0.0438 e. The Hall–Kier alpha value is -0.830. The molecule has 1 heterocycles. The van der Waals surface area contributed by atoms with Gasteiger partial charge in [-0.1, -0.05) is 35.9 Å². The largest absolute Gasteiger partial charge is 0.330 e. The topological polar surface area (TPSA) is 26.0 Å². The molecule has 1 unspecified atom stereocenters. The number of benzene rings is 1. The Bertz CT molecular complexity index is 467. The Kier molecular flexibility index (Phi) is 5.24. The average Bonchev–Trinajstić information content (AvgIpc) is 2.90. The molecule has 0 radical (unpaired) electrons. The van der Waals surface area contributed by atoms with Crippen LogP contribution in [0.1, 0.15) is 16.9 Å². The Balaban J connectivity index is 1.91. The van der Waals surface area contributed by atoms with Crippen LogP contribution in [0.2, 0.25) is 5.02 Å². The molecule has 0 aliphatic rings. The third kappa shape index (κ3) is 3.84. The molecule has 1 aromatic carbocycles. The fourth-order valence-corrected chi connectivity index (χ4v) is 3.02. The van der Waals surface area contributed by atoms with Crippen molar-refractivity contribution in [3.8, 4) is 0 Å². The molecule has 96 valence electrons. The number of hydrogen-bond donors (Lipinski definition) is 1. The van der Waals surface area contributed by atoms with Gasteiger partial charge in [-0.2, -0.15) is 0 Å². The number of hydrogen-bond acceptors (Lipinski definition) is 2. The van der Waals surface area contributed by atoms with E-state index in [2.05, 4.69) is 23.6 Å². The lowest BCUT2D eigenvalue weighted by Crippen LogP contribution is -2.17. The lowest BCUT2D eigenvalue weighted by atomic mass is 9.94. The normalized spacial score (nSPS) is 12.6. The minimum atomic E-state index is 0.506. The highest BCUT2D eigenvalue weighted by atomic mass is 35.5. The van der Waals surface area contributed by atoms with E-state index < -0.39 is 0 Å². The molecule has 0 aliphatic heterocycles. The second-order valence-corrected chi connectivity index (χ2v) is 5.95. The van der Waals surface area contributed by atoms with Crippen molar-refractivity contribution in [3.63, 3.8) is 0 Å². The van der Waals surface area contributed by atoms with E-state index in [9.17, 15) is 0 Å². The van der Waals surface area contributed by atoms with Crippen molar-refractivity contribution in [1.29, 1.82) is 0 Å². The highest BCUT2D eigenvalue weighted by Crippen LogP contribution is 2.22. The van der Waals surface area contributed by atoms with Gasteiger partial charge in [-0.05, 0) is 54.8 Å². The van der Waals surface area contributed by atoms with Gasteiger partial charge >= 0.3 is 0 Å². The summed E-state index contributed by atoms with van der Waals surface area (Å²) in [6, 6.07) is 12.3. The molecule has 0 fully saturated rings. The molecule has 0 amide bonds. The summed E-state index contributed by atoms with van der Waals surface area (Å²) in [4.78, 5) is 1.44. The zero-order valence-corrected chi connectivity index (χ0v) is 11.9. The van der Waals surface area contributed by atoms with Gasteiger partial charge in [-0.25, -0.2) is 0 Å². The van der Waals surface area contributed by atoms with Crippen molar-refractivity contribution < 1.29 is 0 Å². The van der Waals surface area contributed by atoms with E-state index in [4.69, 9.17) is 17.3 Å². The van der Waals surface area contributed by atoms with E-state index in [-0.39, 0.29) is 0 Å². The van der Waals surface area contributed by atoms with E-state index in [1.54, 1.807) is 0 Å². The van der Waals surface area contributed by atoms with Crippen LogP contribution in [0, 0.1) is 5.92 Å². The fourth-order valence-electron chi connectivity index (χ4n) is 2.08. The first kappa shape index (κ1) is 13.6. The van der Waals surface area contributed by atoms with Gasteiger partial charge in [-0.3, -0.25) is 0 Å². The van der Waals surface area contributed by atoms with Gasteiger partial charge in [0, 0.05) is 9.90 Å². The number of halogens is 1. The van der Waals surface area contributed by atoms with Crippen LogP contribution in [-0.4, -0.2) is 6.54 Å². The first-order chi connectivity index (χ1) is 8.79. The second-order valence-electron chi connectivity index (χ2n) is 4.52. The van der Waals surface area contributed by atoms with Crippen LogP contribution in [0.5, 0.6) is 0 Å². The molecule has 0 aliphatic carbocycles. The van der Waals surface area contributed by atoms with E-state index in [0.29, 0.717) is 5.92 Å². The summed E-state index contributed by atoms with van der Waals surface area (Å²) in [6.45, 7) is 0.719. The molecular weight excluding hydrogens is 262 g/mol. The Morgan fingerprint density at radius 2 is 2.00 bits per heavy atom. The minimum absolute atomic E-state index is 0.506. The van der Waals surface area contributed by atoms with Crippen molar-refractivity contribution in [2.24, 2.45) is 11.7 Å². The fraction of sp³-hybridized carbons (Fsp3) is 0.333. The van der Waals surface area contributed by atoms with Gasteiger partial charge in [0.25, 0.3) is 0 Å². The molecule has 3 heteroatoms. The molecule has 0 saturated heterocycles. The molecule has 1 atom stereocenters. The molecule has 1 aromatic heterocycles. The molecule has 2 N–H and O–H groups in total. The second kappa shape index (κ2) is 6.93. The molecule has 18 heavy (non-hydrogen) atoms. The van der Waals surface area contributed by atoms with Gasteiger partial charge in [0.15, 0.2) is 0 Å². The van der Waals surface area contributed by atoms with Crippen LogP contribution in [-0.2, 0) is 12.8 Å². The molecule has 2 rings (SSSR count). The third-order valence-corrected chi connectivity index (χ3v) is 4.48. The Morgan fingerprint density at radius 3 is 2.67 bits per heavy atom. The summed E-state index contributed by atoms with van der Waals surface area (Å²) < 4.78 is 0. The van der Waals surface area contributed by atoms with Crippen LogP contribution in [0.3, 0.4) is 0 Å². The van der Waals surface area contributed by atoms with Gasteiger partial charge in [0.05, 0.1) is 0 Å². The summed E-state index contributed by atoms with van der Waals surface area (Å²) in [6.07, 6.45) is 3.22. The molecule has 2 aromatic rings. The Labute approximate surface area is 118 Å². The van der Waals surface area contributed by atoms with Crippen molar-refractivity contribution >= 4 is 22.9 Å².